The zero-order valence-corrected chi connectivity index (χ0v) is 45.5. The lowest BCUT2D eigenvalue weighted by atomic mass is 9.92. The van der Waals surface area contributed by atoms with Crippen molar-refractivity contribution in [3.05, 3.63) is 124 Å². The number of halogens is 3. The van der Waals surface area contributed by atoms with Gasteiger partial charge in [-0.1, -0.05) is 35.3 Å². The summed E-state index contributed by atoms with van der Waals surface area (Å²) in [6.45, 7) is 15.4. The lowest BCUT2D eigenvalue weighted by molar-refractivity contribution is -0.163. The van der Waals surface area contributed by atoms with Crippen LogP contribution in [-0.2, 0) is 32.0 Å². The van der Waals surface area contributed by atoms with Crippen molar-refractivity contribution in [1.29, 1.82) is 0 Å². The molecular weight excluding hydrogens is 1030 g/mol. The summed E-state index contributed by atoms with van der Waals surface area (Å²) in [4.78, 5) is 39.4. The molecule has 2 saturated heterocycles. The van der Waals surface area contributed by atoms with Crippen molar-refractivity contribution >= 4 is 50.7 Å². The van der Waals surface area contributed by atoms with E-state index in [-0.39, 0.29) is 37.4 Å². The number of piperazine rings is 1. The van der Waals surface area contributed by atoms with E-state index in [0.717, 1.165) is 36.6 Å². The van der Waals surface area contributed by atoms with Crippen molar-refractivity contribution in [2.75, 3.05) is 72.8 Å². The number of fused-ring (bicyclic) bond motifs is 7. The Kier molecular flexibility index (Phi) is 16.2. The number of esters is 1. The maximum Gasteiger partial charge on any atom is 0.348 e. The Balaban J connectivity index is 1.04. The number of ether oxygens (including phenoxy) is 8. The summed E-state index contributed by atoms with van der Waals surface area (Å²) in [5, 5.41) is 1.13. The third-order valence-electron chi connectivity index (χ3n) is 13.3. The number of thiophene rings is 1. The van der Waals surface area contributed by atoms with Crippen LogP contribution in [0.1, 0.15) is 43.2 Å². The number of likely N-dealkylation sites (N-methyl/N-ethyl adjacent to an activating group) is 1. The number of hydrogen-bond acceptors (Lipinski definition) is 16. The van der Waals surface area contributed by atoms with E-state index in [9.17, 15) is 9.18 Å². The molecule has 398 valence electrons. The highest BCUT2D eigenvalue weighted by Crippen LogP contribution is 2.53. The van der Waals surface area contributed by atoms with Gasteiger partial charge in [-0.2, -0.15) is 0 Å². The molecular formula is C57H59Cl2FN6O9S. The number of carbonyl (C=O) groups excluding carboxylic acids is 1. The molecule has 3 atom stereocenters. The molecule has 3 aromatic heterocycles. The minimum atomic E-state index is -1.28. The van der Waals surface area contributed by atoms with Gasteiger partial charge < -0.3 is 42.8 Å². The van der Waals surface area contributed by atoms with E-state index in [4.69, 9.17) is 76.0 Å². The van der Waals surface area contributed by atoms with Gasteiger partial charge in [0.1, 0.15) is 71.9 Å². The van der Waals surface area contributed by atoms with Crippen LogP contribution in [0.15, 0.2) is 85.5 Å². The summed E-state index contributed by atoms with van der Waals surface area (Å²) < 4.78 is 64.8. The maximum atomic E-state index is 14.6. The second kappa shape index (κ2) is 23.2. The molecule has 7 aromatic rings. The SMILES string of the molecule is Cc1c(Cl)c2c(Cl)c(C)c1-c1c(-c3ccc(F)cc3)sc3ncnc(c13)O[C@@H](C(=O)OC(C)(C)C)Cc1cc(ccc1OCc1cncc(-c3ccc(OC[C@H]4COCCO4)cc3)n1)OC[C@@H](CN1CCN(C)CC1)O2. The molecule has 4 bridgehead atoms. The van der Waals surface area contributed by atoms with Gasteiger partial charge in [-0.05, 0) is 119 Å². The Morgan fingerprint density at radius 1 is 0.855 bits per heavy atom. The molecule has 19 heteroatoms. The fourth-order valence-electron chi connectivity index (χ4n) is 9.39. The molecule has 4 aliphatic rings. The molecule has 4 aliphatic heterocycles. The van der Waals surface area contributed by atoms with Crippen LogP contribution in [0.4, 0.5) is 4.39 Å². The Morgan fingerprint density at radius 3 is 2.33 bits per heavy atom. The van der Waals surface area contributed by atoms with Crippen LogP contribution in [0.3, 0.4) is 0 Å². The second-order valence-electron chi connectivity index (χ2n) is 20.1. The Morgan fingerprint density at radius 2 is 1.61 bits per heavy atom. The summed E-state index contributed by atoms with van der Waals surface area (Å²) in [5.41, 5.74) is 5.13. The number of rotatable bonds is 11. The largest absolute Gasteiger partial charge is 0.491 e. The monoisotopic (exact) mass is 1090 g/mol. The van der Waals surface area contributed by atoms with Gasteiger partial charge in [0.05, 0.1) is 59.0 Å². The topological polar surface area (TPSA) is 149 Å². The van der Waals surface area contributed by atoms with Crippen LogP contribution >= 0.6 is 34.5 Å². The number of carbonyl (C=O) groups is 1. The van der Waals surface area contributed by atoms with Crippen molar-refractivity contribution in [3.63, 3.8) is 0 Å². The third-order valence-corrected chi connectivity index (χ3v) is 15.3. The quantitative estimate of drug-likeness (QED) is 0.113. The number of benzene rings is 4. The minimum Gasteiger partial charge on any atom is -0.491 e. The molecule has 0 N–H and O–H groups in total. The van der Waals surface area contributed by atoms with Crippen molar-refractivity contribution in [1.82, 2.24) is 29.7 Å². The summed E-state index contributed by atoms with van der Waals surface area (Å²) in [7, 11) is 2.11. The Bertz CT molecular complexity index is 3170. The molecule has 11 rings (SSSR count). The van der Waals surface area contributed by atoms with E-state index < -0.39 is 23.8 Å². The smallest absolute Gasteiger partial charge is 0.348 e. The van der Waals surface area contributed by atoms with E-state index in [1.165, 1.54) is 29.8 Å². The van der Waals surface area contributed by atoms with Crippen LogP contribution in [0.5, 0.6) is 28.9 Å². The van der Waals surface area contributed by atoms with Gasteiger partial charge in [0.15, 0.2) is 5.75 Å². The normalized spacial score (nSPS) is 18.6. The van der Waals surface area contributed by atoms with Crippen LogP contribution in [0.2, 0.25) is 10.0 Å². The molecule has 7 heterocycles. The number of nitrogens with zero attached hydrogens (tertiary/aromatic N) is 6. The fraction of sp³-hybridized carbons (Fsp3) is 0.386. The van der Waals surface area contributed by atoms with Crippen molar-refractivity contribution in [2.24, 2.45) is 0 Å². The van der Waals surface area contributed by atoms with Crippen molar-refractivity contribution < 1.29 is 47.1 Å². The van der Waals surface area contributed by atoms with E-state index in [2.05, 4.69) is 21.8 Å². The first-order valence-electron chi connectivity index (χ1n) is 25.2. The molecule has 0 aliphatic carbocycles. The lowest BCUT2D eigenvalue weighted by Crippen LogP contribution is -2.49. The van der Waals surface area contributed by atoms with Gasteiger partial charge in [-0.15, -0.1) is 11.3 Å². The lowest BCUT2D eigenvalue weighted by Gasteiger charge is -2.35. The molecule has 0 spiro atoms. The first kappa shape index (κ1) is 53.2. The molecule has 76 heavy (non-hydrogen) atoms. The first-order chi connectivity index (χ1) is 36.6. The molecule has 15 nitrogen and oxygen atoms in total. The zero-order valence-electron chi connectivity index (χ0n) is 43.2. The van der Waals surface area contributed by atoms with E-state index in [0.29, 0.717) is 121 Å². The van der Waals surface area contributed by atoms with Crippen molar-refractivity contribution in [3.8, 4) is 61.7 Å². The number of aromatic nitrogens is 4. The first-order valence-corrected chi connectivity index (χ1v) is 26.8. The predicted molar refractivity (Wildman–Crippen MR) is 290 cm³/mol. The van der Waals surface area contributed by atoms with Crippen molar-refractivity contribution in [2.45, 2.75) is 71.6 Å². The van der Waals surface area contributed by atoms with E-state index >= 15 is 0 Å². The van der Waals surface area contributed by atoms with Crippen LogP contribution < -0.4 is 23.7 Å². The molecule has 0 radical (unpaired) electrons. The molecule has 4 aromatic carbocycles. The predicted octanol–water partition coefficient (Wildman–Crippen LogP) is 10.6. The van der Waals surface area contributed by atoms with Crippen LogP contribution in [-0.4, -0.2) is 132 Å². The minimum absolute atomic E-state index is 0.0337. The van der Waals surface area contributed by atoms with Gasteiger partial charge in [0.25, 0.3) is 0 Å². The summed E-state index contributed by atoms with van der Waals surface area (Å²) in [6.07, 6.45) is 2.76. The van der Waals surface area contributed by atoms with E-state index in [1.54, 1.807) is 51.4 Å². The average molecular weight is 1090 g/mol. The highest BCUT2D eigenvalue weighted by atomic mass is 35.5. The van der Waals surface area contributed by atoms with Gasteiger partial charge in [0, 0.05) is 60.7 Å². The van der Waals surface area contributed by atoms with E-state index in [1.807, 2.05) is 50.2 Å². The number of hydrogen-bond donors (Lipinski definition) is 0. The third kappa shape index (κ3) is 12.3. The highest BCUT2D eigenvalue weighted by molar-refractivity contribution is 7.22. The Hall–Kier alpha value is -6.18. The molecule has 2 fully saturated rings. The Labute approximate surface area is 455 Å². The van der Waals surface area contributed by atoms with Gasteiger partial charge in [-0.3, -0.25) is 9.88 Å². The van der Waals surface area contributed by atoms with Gasteiger partial charge >= 0.3 is 5.97 Å². The molecule has 0 saturated carbocycles. The summed E-state index contributed by atoms with van der Waals surface area (Å²) in [6, 6.07) is 19.3. The average Bonchev–Trinajstić information content (AvgIpc) is 3.84. The van der Waals surface area contributed by atoms with Crippen LogP contribution in [0, 0.1) is 19.7 Å². The maximum absolute atomic E-state index is 14.6. The molecule has 0 amide bonds. The second-order valence-corrected chi connectivity index (χ2v) is 21.9. The summed E-state index contributed by atoms with van der Waals surface area (Å²) in [5.74, 6) is 1.04. The molecule has 0 unspecified atom stereocenters. The van der Waals surface area contributed by atoms with Crippen LogP contribution in [0.25, 0.3) is 43.0 Å². The highest BCUT2D eigenvalue weighted by Gasteiger charge is 2.34. The fourth-order valence-corrected chi connectivity index (χ4v) is 11.0. The van der Waals surface area contributed by atoms with Gasteiger partial charge in [0.2, 0.25) is 12.0 Å². The van der Waals surface area contributed by atoms with Gasteiger partial charge in [-0.25, -0.2) is 24.1 Å². The zero-order chi connectivity index (χ0) is 53.1. The summed E-state index contributed by atoms with van der Waals surface area (Å²) >= 11 is 16.2. The standard InChI is InChI=1S/C57H59Cl2FN6O9S/c1-33-47-34(2)51(59)52(50(33)58)73-42(27-66-19-17-65(6)18-20-66)30-71-41-15-16-45(72-28-39-25-61-26-44(64-39)35-9-13-40(14-10-35)70-31-43-29-68-21-22-69-43)37(23-41)24-46(56(67)75-57(3,4)5)74-54-49-48(47)53(76-55(49)63-32-62-54)36-7-11-38(60)12-8-36/h7-16,23,25-26,32,42-43,46H,17-22,24,27-31H2,1-6H3/t42-,43-,46-/m1/s1.